The Morgan fingerprint density at radius 2 is 1.72 bits per heavy atom. The highest BCUT2D eigenvalue weighted by Gasteiger charge is 2.25. The first-order chi connectivity index (χ1) is 13.9. The fraction of sp³-hybridized carbons (Fsp3) is 0.381. The molecule has 1 N–H and O–H groups in total. The molecule has 0 radical (unpaired) electrons. The monoisotopic (exact) mass is 417 g/mol. The minimum atomic E-state index is -3.67. The molecule has 1 aliphatic rings. The van der Waals surface area contributed by atoms with Crippen LogP contribution >= 0.6 is 0 Å². The fourth-order valence-electron chi connectivity index (χ4n) is 3.41. The summed E-state index contributed by atoms with van der Waals surface area (Å²) in [6.07, 6.45) is 1.62. The van der Waals surface area contributed by atoms with Gasteiger partial charge in [0.2, 0.25) is 15.9 Å². The third-order valence-corrected chi connectivity index (χ3v) is 6.93. The molecule has 3 rings (SSSR count). The van der Waals surface area contributed by atoms with Gasteiger partial charge in [-0.1, -0.05) is 18.2 Å². The average molecular weight is 418 g/mol. The number of carbonyl (C=O) groups excluding carboxylic acids is 1. The number of methoxy groups -OCH3 is 1. The zero-order valence-electron chi connectivity index (χ0n) is 16.7. The molecule has 1 fully saturated rings. The lowest BCUT2D eigenvalue weighted by Crippen LogP contribution is -2.47. The maximum atomic E-state index is 12.5. The van der Waals surface area contributed by atoms with Crippen molar-refractivity contribution >= 4 is 21.6 Å². The highest BCUT2D eigenvalue weighted by atomic mass is 32.2. The van der Waals surface area contributed by atoms with Gasteiger partial charge < -0.3 is 15.0 Å². The number of piperidine rings is 1. The van der Waals surface area contributed by atoms with E-state index < -0.39 is 10.0 Å². The van der Waals surface area contributed by atoms with Crippen molar-refractivity contribution in [2.24, 2.45) is 0 Å². The molecule has 29 heavy (non-hydrogen) atoms. The smallest absolute Gasteiger partial charge is 0.243 e. The van der Waals surface area contributed by atoms with Crippen LogP contribution in [0.4, 0.5) is 5.69 Å². The molecule has 2 aromatic rings. The third kappa shape index (κ3) is 5.27. The van der Waals surface area contributed by atoms with E-state index in [0.29, 0.717) is 0 Å². The largest absolute Gasteiger partial charge is 0.497 e. The minimum absolute atomic E-state index is 0.0461. The molecule has 156 valence electrons. The minimum Gasteiger partial charge on any atom is -0.497 e. The van der Waals surface area contributed by atoms with Crippen LogP contribution in [-0.4, -0.2) is 58.5 Å². The Bertz CT molecular complexity index is 909. The number of benzene rings is 2. The normalized spacial score (nSPS) is 15.3. The van der Waals surface area contributed by atoms with Crippen LogP contribution in [0.1, 0.15) is 12.8 Å². The quantitative estimate of drug-likeness (QED) is 0.746. The van der Waals surface area contributed by atoms with Gasteiger partial charge in [0, 0.05) is 31.9 Å². The molecule has 0 bridgehead atoms. The van der Waals surface area contributed by atoms with Crippen molar-refractivity contribution in [3.63, 3.8) is 0 Å². The van der Waals surface area contributed by atoms with Gasteiger partial charge >= 0.3 is 0 Å². The predicted molar refractivity (Wildman–Crippen MR) is 113 cm³/mol. The number of hydrogen-bond donors (Lipinski definition) is 1. The Kier molecular flexibility index (Phi) is 6.76. The molecule has 8 heteroatoms. The number of carbonyl (C=O) groups is 1. The molecule has 1 aliphatic heterocycles. The van der Waals surface area contributed by atoms with Gasteiger partial charge in [-0.15, -0.1) is 0 Å². The summed E-state index contributed by atoms with van der Waals surface area (Å²) in [7, 11) is -0.602. The van der Waals surface area contributed by atoms with Gasteiger partial charge in [0.05, 0.1) is 18.6 Å². The van der Waals surface area contributed by atoms with E-state index >= 15 is 0 Å². The van der Waals surface area contributed by atoms with Crippen LogP contribution in [0.25, 0.3) is 0 Å². The fourth-order valence-corrected chi connectivity index (χ4v) is 4.56. The van der Waals surface area contributed by atoms with Gasteiger partial charge in [-0.3, -0.25) is 4.79 Å². The maximum absolute atomic E-state index is 12.5. The zero-order valence-corrected chi connectivity index (χ0v) is 17.6. The second kappa shape index (κ2) is 9.28. The molecule has 0 spiro atoms. The lowest BCUT2D eigenvalue weighted by atomic mass is 10.0. The number of nitrogens with zero attached hydrogens (tertiary/aromatic N) is 2. The van der Waals surface area contributed by atoms with Gasteiger partial charge in [-0.05, 0) is 49.2 Å². The lowest BCUT2D eigenvalue weighted by Gasteiger charge is -2.34. The van der Waals surface area contributed by atoms with Crippen LogP contribution in [0.5, 0.6) is 5.75 Å². The maximum Gasteiger partial charge on any atom is 0.243 e. The molecule has 2 aromatic carbocycles. The van der Waals surface area contributed by atoms with Crippen LogP contribution in [-0.2, 0) is 14.8 Å². The van der Waals surface area contributed by atoms with E-state index in [1.54, 1.807) is 25.3 Å². The second-order valence-corrected chi connectivity index (χ2v) is 9.15. The summed E-state index contributed by atoms with van der Waals surface area (Å²) in [6.45, 7) is 1.46. The molecule has 1 heterocycles. The van der Waals surface area contributed by atoms with E-state index in [1.165, 1.54) is 19.2 Å². The average Bonchev–Trinajstić information content (AvgIpc) is 2.75. The number of nitrogens with one attached hydrogen (secondary N) is 1. The van der Waals surface area contributed by atoms with E-state index in [0.717, 1.165) is 41.7 Å². The first-order valence-corrected chi connectivity index (χ1v) is 11.0. The van der Waals surface area contributed by atoms with E-state index in [9.17, 15) is 13.2 Å². The molecule has 0 aromatic heterocycles. The molecule has 1 amide bonds. The van der Waals surface area contributed by atoms with Gasteiger partial charge in [0.1, 0.15) is 5.75 Å². The predicted octanol–water partition coefficient (Wildman–Crippen LogP) is 2.10. The number of sulfonamides is 1. The summed E-state index contributed by atoms with van der Waals surface area (Å²) < 4.78 is 31.3. The highest BCUT2D eigenvalue weighted by Crippen LogP contribution is 2.23. The SMILES string of the molecule is COc1ccc(N2CCC(NC(=O)CN(C)S(=O)(=O)c3ccccc3)CC2)cc1. The Hall–Kier alpha value is -2.58. The van der Waals surface area contributed by atoms with Gasteiger partial charge in [0.15, 0.2) is 0 Å². The standard InChI is InChI=1S/C21H27N3O4S/c1-23(29(26,27)20-6-4-3-5-7-20)16-21(25)22-17-12-14-24(15-13-17)18-8-10-19(28-2)11-9-18/h3-11,17H,12-16H2,1-2H3,(H,22,25). The molecule has 0 aliphatic carbocycles. The van der Waals surface area contributed by atoms with Crippen molar-refractivity contribution in [2.75, 3.05) is 38.7 Å². The van der Waals surface area contributed by atoms with Crippen molar-refractivity contribution in [1.29, 1.82) is 0 Å². The van der Waals surface area contributed by atoms with Crippen molar-refractivity contribution in [1.82, 2.24) is 9.62 Å². The second-order valence-electron chi connectivity index (χ2n) is 7.10. The molecule has 0 unspecified atom stereocenters. The number of anilines is 1. The Morgan fingerprint density at radius 1 is 1.10 bits per heavy atom. The zero-order chi connectivity index (χ0) is 20.9. The van der Waals surface area contributed by atoms with E-state index in [4.69, 9.17) is 4.74 Å². The number of rotatable bonds is 7. The van der Waals surface area contributed by atoms with Crippen LogP contribution in [0, 0.1) is 0 Å². The highest BCUT2D eigenvalue weighted by molar-refractivity contribution is 7.89. The molecule has 0 atom stereocenters. The van der Waals surface area contributed by atoms with E-state index in [-0.39, 0.29) is 23.4 Å². The van der Waals surface area contributed by atoms with Crippen LogP contribution in [0.3, 0.4) is 0 Å². The summed E-state index contributed by atoms with van der Waals surface area (Å²) in [6, 6.07) is 16.1. The Morgan fingerprint density at radius 3 is 2.31 bits per heavy atom. The first kappa shape index (κ1) is 21.1. The summed E-state index contributed by atoms with van der Waals surface area (Å²) in [5, 5.41) is 2.97. The van der Waals surface area contributed by atoms with Crippen molar-refractivity contribution in [2.45, 2.75) is 23.8 Å². The summed E-state index contributed by atoms with van der Waals surface area (Å²) in [5.74, 6) is 0.542. The van der Waals surface area contributed by atoms with Crippen LogP contribution in [0.15, 0.2) is 59.5 Å². The number of ether oxygens (including phenoxy) is 1. The lowest BCUT2D eigenvalue weighted by molar-refractivity contribution is -0.121. The Labute approximate surface area is 172 Å². The molecular weight excluding hydrogens is 390 g/mol. The topological polar surface area (TPSA) is 79.0 Å². The van der Waals surface area contributed by atoms with E-state index in [1.807, 2.05) is 24.3 Å². The van der Waals surface area contributed by atoms with Crippen molar-refractivity contribution in [3.8, 4) is 5.75 Å². The number of hydrogen-bond acceptors (Lipinski definition) is 5. The molecule has 7 nitrogen and oxygen atoms in total. The summed E-state index contributed by atoms with van der Waals surface area (Å²) >= 11 is 0. The Balaban J connectivity index is 1.49. The molecule has 0 saturated carbocycles. The molecular formula is C21H27N3O4S. The van der Waals surface area contributed by atoms with Crippen molar-refractivity contribution in [3.05, 3.63) is 54.6 Å². The number of likely N-dealkylation sites (N-methyl/N-ethyl adjacent to an activating group) is 1. The van der Waals surface area contributed by atoms with Gasteiger partial charge in [0.25, 0.3) is 0 Å². The van der Waals surface area contributed by atoms with Gasteiger partial charge in [-0.25, -0.2) is 8.42 Å². The van der Waals surface area contributed by atoms with Crippen LogP contribution in [0.2, 0.25) is 0 Å². The van der Waals surface area contributed by atoms with E-state index in [2.05, 4.69) is 10.2 Å². The van der Waals surface area contributed by atoms with Crippen molar-refractivity contribution < 1.29 is 17.9 Å². The third-order valence-electron chi connectivity index (χ3n) is 5.12. The van der Waals surface area contributed by atoms with Crippen LogP contribution < -0.4 is 15.0 Å². The first-order valence-electron chi connectivity index (χ1n) is 9.60. The number of amides is 1. The van der Waals surface area contributed by atoms with Gasteiger partial charge in [-0.2, -0.15) is 4.31 Å². The summed E-state index contributed by atoms with van der Waals surface area (Å²) in [5.41, 5.74) is 1.13. The summed E-state index contributed by atoms with van der Waals surface area (Å²) in [4.78, 5) is 14.8. The molecule has 1 saturated heterocycles.